The van der Waals surface area contributed by atoms with E-state index in [9.17, 15) is 0 Å². The molecular formula is C10H14ClN. The summed E-state index contributed by atoms with van der Waals surface area (Å²) in [6.45, 7) is 6.20. The van der Waals surface area contributed by atoms with Crippen LogP contribution in [0.1, 0.15) is 30.9 Å². The Morgan fingerprint density at radius 3 is 2.42 bits per heavy atom. The maximum Gasteiger partial charge on any atom is 0.0412 e. The second-order valence-electron chi connectivity index (χ2n) is 3.38. The molecule has 0 radical (unpaired) electrons. The molecule has 1 aromatic rings. The zero-order chi connectivity index (χ0) is 9.30. The Labute approximate surface area is 78.5 Å². The first-order valence-corrected chi connectivity index (χ1v) is 4.45. The van der Waals surface area contributed by atoms with Crippen molar-refractivity contribution in [3.8, 4) is 0 Å². The fraction of sp³-hybridized carbons (Fsp3) is 0.400. The summed E-state index contributed by atoms with van der Waals surface area (Å²) in [5.74, 6) is 0.433. The van der Waals surface area contributed by atoms with Gasteiger partial charge in [0.15, 0.2) is 0 Å². The van der Waals surface area contributed by atoms with Gasteiger partial charge in [0.05, 0.1) is 0 Å². The first-order valence-electron chi connectivity index (χ1n) is 4.08. The van der Waals surface area contributed by atoms with E-state index in [1.54, 1.807) is 0 Å². The summed E-state index contributed by atoms with van der Waals surface area (Å²) in [5.41, 5.74) is 8.96. The standard InChI is InChI=1S/C10H14ClN/c1-6(2)9-5-8(11)4-7(3)10(9)12/h4-6H,12H2,1-3H3. The molecule has 0 unspecified atom stereocenters. The van der Waals surface area contributed by atoms with E-state index in [0.29, 0.717) is 5.92 Å². The molecule has 0 aliphatic carbocycles. The molecule has 2 heteroatoms. The monoisotopic (exact) mass is 183 g/mol. The fourth-order valence-electron chi connectivity index (χ4n) is 1.26. The van der Waals surface area contributed by atoms with Crippen LogP contribution in [0.3, 0.4) is 0 Å². The predicted molar refractivity (Wildman–Crippen MR) is 54.7 cm³/mol. The van der Waals surface area contributed by atoms with Gasteiger partial charge in [-0.15, -0.1) is 0 Å². The normalized spacial score (nSPS) is 10.8. The summed E-state index contributed by atoms with van der Waals surface area (Å²) in [5, 5.41) is 0.769. The maximum absolute atomic E-state index is 5.91. The molecule has 1 aromatic carbocycles. The number of benzene rings is 1. The van der Waals surface area contributed by atoms with Gasteiger partial charge in [0.1, 0.15) is 0 Å². The zero-order valence-corrected chi connectivity index (χ0v) is 8.44. The van der Waals surface area contributed by atoms with E-state index in [1.165, 1.54) is 0 Å². The quantitative estimate of drug-likeness (QED) is 0.664. The lowest BCUT2D eigenvalue weighted by molar-refractivity contribution is 0.868. The molecule has 1 nitrogen and oxygen atoms in total. The van der Waals surface area contributed by atoms with E-state index in [1.807, 2.05) is 19.1 Å². The number of anilines is 1. The van der Waals surface area contributed by atoms with Crippen molar-refractivity contribution in [3.05, 3.63) is 28.3 Å². The van der Waals surface area contributed by atoms with E-state index in [2.05, 4.69) is 13.8 Å². The van der Waals surface area contributed by atoms with Crippen molar-refractivity contribution in [1.29, 1.82) is 0 Å². The van der Waals surface area contributed by atoms with Crippen molar-refractivity contribution in [2.24, 2.45) is 0 Å². The topological polar surface area (TPSA) is 26.0 Å². The van der Waals surface area contributed by atoms with Gasteiger partial charge >= 0.3 is 0 Å². The Kier molecular flexibility index (Phi) is 2.63. The molecule has 0 aliphatic heterocycles. The summed E-state index contributed by atoms with van der Waals surface area (Å²) in [7, 11) is 0. The minimum Gasteiger partial charge on any atom is -0.398 e. The maximum atomic E-state index is 5.91. The third-order valence-corrected chi connectivity index (χ3v) is 2.22. The Balaban J connectivity index is 3.28. The van der Waals surface area contributed by atoms with E-state index in [4.69, 9.17) is 17.3 Å². The van der Waals surface area contributed by atoms with Crippen LogP contribution in [0.4, 0.5) is 5.69 Å². The van der Waals surface area contributed by atoms with Gasteiger partial charge in [0.2, 0.25) is 0 Å². The van der Waals surface area contributed by atoms with Gasteiger partial charge in [-0.3, -0.25) is 0 Å². The molecule has 2 N–H and O–H groups in total. The van der Waals surface area contributed by atoms with Gasteiger partial charge in [0.25, 0.3) is 0 Å². The lowest BCUT2D eigenvalue weighted by Gasteiger charge is -2.11. The molecule has 0 atom stereocenters. The Morgan fingerprint density at radius 2 is 1.92 bits per heavy atom. The lowest BCUT2D eigenvalue weighted by Crippen LogP contribution is -1.98. The molecule has 0 saturated carbocycles. The van der Waals surface area contributed by atoms with Crippen LogP contribution >= 0.6 is 11.6 Å². The second kappa shape index (κ2) is 3.36. The molecule has 66 valence electrons. The SMILES string of the molecule is Cc1cc(Cl)cc(C(C)C)c1N. The van der Waals surface area contributed by atoms with Crippen LogP contribution in [0, 0.1) is 6.92 Å². The molecule has 1 rings (SSSR count). The van der Waals surface area contributed by atoms with Crippen molar-refractivity contribution >= 4 is 17.3 Å². The van der Waals surface area contributed by atoms with Crippen LogP contribution in [0.2, 0.25) is 5.02 Å². The number of hydrogen-bond acceptors (Lipinski definition) is 1. The summed E-state index contributed by atoms with van der Waals surface area (Å²) >= 11 is 5.91. The molecule has 12 heavy (non-hydrogen) atoms. The number of rotatable bonds is 1. The third kappa shape index (κ3) is 1.72. The van der Waals surface area contributed by atoms with Crippen molar-refractivity contribution < 1.29 is 0 Å². The molecule has 0 saturated heterocycles. The molecule has 0 bridgehead atoms. The Morgan fingerprint density at radius 1 is 1.33 bits per heavy atom. The van der Waals surface area contributed by atoms with Crippen LogP contribution in [0.15, 0.2) is 12.1 Å². The number of aryl methyl sites for hydroxylation is 1. The minimum absolute atomic E-state index is 0.433. The third-order valence-electron chi connectivity index (χ3n) is 2.01. The molecule has 0 fully saturated rings. The molecular weight excluding hydrogens is 170 g/mol. The highest BCUT2D eigenvalue weighted by Crippen LogP contribution is 2.28. The summed E-state index contributed by atoms with van der Waals surface area (Å²) in [4.78, 5) is 0. The van der Waals surface area contributed by atoms with Crippen LogP contribution in [-0.4, -0.2) is 0 Å². The van der Waals surface area contributed by atoms with E-state index in [-0.39, 0.29) is 0 Å². The summed E-state index contributed by atoms with van der Waals surface area (Å²) in [6, 6.07) is 3.83. The smallest absolute Gasteiger partial charge is 0.0412 e. The van der Waals surface area contributed by atoms with E-state index >= 15 is 0 Å². The van der Waals surface area contributed by atoms with Gasteiger partial charge in [-0.1, -0.05) is 25.4 Å². The lowest BCUT2D eigenvalue weighted by atomic mass is 9.99. The van der Waals surface area contributed by atoms with Gasteiger partial charge in [0, 0.05) is 10.7 Å². The predicted octanol–water partition coefficient (Wildman–Crippen LogP) is 3.35. The molecule has 0 aliphatic rings. The van der Waals surface area contributed by atoms with Crippen molar-refractivity contribution in [1.82, 2.24) is 0 Å². The molecule has 0 aromatic heterocycles. The first kappa shape index (κ1) is 9.40. The van der Waals surface area contributed by atoms with Crippen molar-refractivity contribution in [2.45, 2.75) is 26.7 Å². The highest BCUT2D eigenvalue weighted by Gasteiger charge is 2.07. The van der Waals surface area contributed by atoms with Crippen LogP contribution in [-0.2, 0) is 0 Å². The van der Waals surface area contributed by atoms with E-state index < -0.39 is 0 Å². The highest BCUT2D eigenvalue weighted by molar-refractivity contribution is 6.30. The molecule has 0 amide bonds. The Hall–Kier alpha value is -0.690. The summed E-state index contributed by atoms with van der Waals surface area (Å²) < 4.78 is 0. The largest absolute Gasteiger partial charge is 0.398 e. The van der Waals surface area contributed by atoms with Crippen LogP contribution < -0.4 is 5.73 Å². The van der Waals surface area contributed by atoms with Crippen LogP contribution in [0.5, 0.6) is 0 Å². The van der Waals surface area contributed by atoms with Gasteiger partial charge in [-0.05, 0) is 36.1 Å². The molecule has 0 spiro atoms. The number of hydrogen-bond donors (Lipinski definition) is 1. The average molecular weight is 184 g/mol. The van der Waals surface area contributed by atoms with Crippen molar-refractivity contribution in [2.75, 3.05) is 5.73 Å². The summed E-state index contributed by atoms with van der Waals surface area (Å²) in [6.07, 6.45) is 0. The van der Waals surface area contributed by atoms with Gasteiger partial charge < -0.3 is 5.73 Å². The highest BCUT2D eigenvalue weighted by atomic mass is 35.5. The minimum atomic E-state index is 0.433. The first-order chi connectivity index (χ1) is 5.52. The number of nitrogen functional groups attached to an aromatic ring is 1. The average Bonchev–Trinajstić information content (AvgIpc) is 1.96. The van der Waals surface area contributed by atoms with Crippen LogP contribution in [0.25, 0.3) is 0 Å². The van der Waals surface area contributed by atoms with Crippen molar-refractivity contribution in [3.63, 3.8) is 0 Å². The zero-order valence-electron chi connectivity index (χ0n) is 7.69. The number of halogens is 1. The van der Waals surface area contributed by atoms with E-state index in [0.717, 1.165) is 21.8 Å². The van der Waals surface area contributed by atoms with Gasteiger partial charge in [-0.2, -0.15) is 0 Å². The Bertz CT molecular complexity index is 292. The molecule has 0 heterocycles. The second-order valence-corrected chi connectivity index (χ2v) is 3.82. The van der Waals surface area contributed by atoms with Gasteiger partial charge in [-0.25, -0.2) is 0 Å². The number of nitrogens with two attached hydrogens (primary N) is 1. The fourth-order valence-corrected chi connectivity index (χ4v) is 1.54.